The van der Waals surface area contributed by atoms with Crippen molar-refractivity contribution in [3.05, 3.63) is 83.9 Å². The molecule has 1 saturated heterocycles. The second-order valence-corrected chi connectivity index (χ2v) is 11.9. The minimum atomic E-state index is -4.65. The summed E-state index contributed by atoms with van der Waals surface area (Å²) in [6, 6.07) is 14.4. The number of amides is 1. The summed E-state index contributed by atoms with van der Waals surface area (Å²) in [4.78, 5) is 12.5. The molecule has 37 heavy (non-hydrogen) atoms. The average molecular weight is 554 g/mol. The number of hydrogen-bond donors (Lipinski definition) is 2. The zero-order valence-corrected chi connectivity index (χ0v) is 20.8. The summed E-state index contributed by atoms with van der Waals surface area (Å²) in [5, 5.41) is 2.55. The summed E-state index contributed by atoms with van der Waals surface area (Å²) in [5.74, 6) is -0.702. The van der Waals surface area contributed by atoms with E-state index in [4.69, 9.17) is 0 Å². The lowest BCUT2D eigenvalue weighted by Gasteiger charge is -2.16. The third-order valence-electron chi connectivity index (χ3n) is 5.64. The van der Waals surface area contributed by atoms with E-state index >= 15 is 0 Å². The third kappa shape index (κ3) is 6.12. The third-order valence-corrected chi connectivity index (χ3v) is 8.92. The fourth-order valence-electron chi connectivity index (χ4n) is 3.79. The Labute approximate surface area is 212 Å². The molecule has 1 amide bonds. The molecule has 0 atom stereocenters. The Hall–Kier alpha value is -3.42. The second-order valence-electron chi connectivity index (χ2n) is 8.31. The van der Waals surface area contributed by atoms with Crippen molar-refractivity contribution >= 4 is 37.3 Å². The van der Waals surface area contributed by atoms with Gasteiger partial charge in [0.05, 0.1) is 15.4 Å². The molecule has 1 aliphatic rings. The van der Waals surface area contributed by atoms with Crippen LogP contribution >= 0.6 is 0 Å². The summed E-state index contributed by atoms with van der Waals surface area (Å²) in [6.07, 6.45) is -3.10. The monoisotopic (exact) mass is 553 g/mol. The van der Waals surface area contributed by atoms with E-state index in [0.717, 1.165) is 31.0 Å². The van der Waals surface area contributed by atoms with E-state index in [1.54, 1.807) is 0 Å². The number of nitrogens with zero attached hydrogens (tertiary/aromatic N) is 1. The Bertz CT molecular complexity index is 1530. The Kier molecular flexibility index (Phi) is 7.31. The lowest BCUT2D eigenvalue weighted by molar-refractivity contribution is -0.137. The standard InChI is InChI=1S/C24H22F3N3O5S2/c25-24(26,27)18-7-4-9-20(15-18)29-36(32,33)21-10-3-6-17(14-21)23(31)28-19-8-5-11-22(16-19)37(34,35)30-12-1-2-13-30/h3-11,14-16,29H,1-2,12-13H2,(H,28,31). The molecule has 3 aromatic carbocycles. The maximum absolute atomic E-state index is 13.0. The smallest absolute Gasteiger partial charge is 0.322 e. The van der Waals surface area contributed by atoms with Gasteiger partial charge in [-0.25, -0.2) is 16.8 Å². The van der Waals surface area contributed by atoms with Gasteiger partial charge in [0.2, 0.25) is 10.0 Å². The van der Waals surface area contributed by atoms with Crippen LogP contribution in [0.4, 0.5) is 24.5 Å². The number of sulfonamides is 2. The van der Waals surface area contributed by atoms with Crippen LogP contribution in [0.25, 0.3) is 0 Å². The molecule has 4 rings (SSSR count). The number of halogens is 3. The molecule has 0 bridgehead atoms. The Morgan fingerprint density at radius 1 is 0.784 bits per heavy atom. The first-order chi connectivity index (χ1) is 17.4. The lowest BCUT2D eigenvalue weighted by atomic mass is 10.2. The van der Waals surface area contributed by atoms with Gasteiger partial charge in [0, 0.05) is 30.0 Å². The lowest BCUT2D eigenvalue weighted by Crippen LogP contribution is -2.27. The normalized spacial score (nSPS) is 14.9. The fraction of sp³-hybridized carbons (Fsp3) is 0.208. The number of benzene rings is 3. The molecule has 1 heterocycles. The minimum absolute atomic E-state index is 0.0221. The highest BCUT2D eigenvalue weighted by molar-refractivity contribution is 7.92. The van der Waals surface area contributed by atoms with Gasteiger partial charge in [-0.2, -0.15) is 17.5 Å². The van der Waals surface area contributed by atoms with Crippen LogP contribution in [0.1, 0.15) is 28.8 Å². The van der Waals surface area contributed by atoms with Gasteiger partial charge in [0.15, 0.2) is 0 Å². The summed E-state index contributed by atoms with van der Waals surface area (Å²) < 4.78 is 93.5. The number of carbonyl (C=O) groups is 1. The molecule has 1 aliphatic heterocycles. The van der Waals surface area contributed by atoms with E-state index < -0.39 is 37.7 Å². The first kappa shape index (κ1) is 26.6. The van der Waals surface area contributed by atoms with Crippen LogP contribution in [0.15, 0.2) is 82.6 Å². The predicted molar refractivity (Wildman–Crippen MR) is 131 cm³/mol. The van der Waals surface area contributed by atoms with Gasteiger partial charge in [-0.15, -0.1) is 0 Å². The van der Waals surface area contributed by atoms with E-state index in [1.807, 2.05) is 0 Å². The SMILES string of the molecule is O=C(Nc1cccc(S(=O)(=O)N2CCCC2)c1)c1cccc(S(=O)(=O)Nc2cccc(C(F)(F)F)c2)c1. The Balaban J connectivity index is 1.53. The number of nitrogens with one attached hydrogen (secondary N) is 2. The van der Waals surface area contributed by atoms with Crippen molar-refractivity contribution in [2.75, 3.05) is 23.1 Å². The molecular weight excluding hydrogens is 531 g/mol. The van der Waals surface area contributed by atoms with Crippen LogP contribution in [-0.4, -0.2) is 40.1 Å². The van der Waals surface area contributed by atoms with Crippen LogP contribution in [0, 0.1) is 0 Å². The number of carbonyl (C=O) groups excluding carboxylic acids is 1. The van der Waals surface area contributed by atoms with Gasteiger partial charge in [-0.05, 0) is 67.4 Å². The van der Waals surface area contributed by atoms with Crippen molar-refractivity contribution in [2.45, 2.75) is 28.8 Å². The van der Waals surface area contributed by atoms with Gasteiger partial charge in [0.1, 0.15) is 0 Å². The topological polar surface area (TPSA) is 113 Å². The van der Waals surface area contributed by atoms with Crippen LogP contribution in [0.5, 0.6) is 0 Å². The number of alkyl halides is 3. The van der Waals surface area contributed by atoms with Crippen LogP contribution < -0.4 is 10.0 Å². The van der Waals surface area contributed by atoms with Crippen molar-refractivity contribution < 1.29 is 34.8 Å². The van der Waals surface area contributed by atoms with Crippen LogP contribution in [0.3, 0.4) is 0 Å². The molecule has 0 spiro atoms. The first-order valence-electron chi connectivity index (χ1n) is 11.1. The van der Waals surface area contributed by atoms with Gasteiger partial charge in [-0.1, -0.05) is 18.2 Å². The number of rotatable bonds is 7. The summed E-state index contributed by atoms with van der Waals surface area (Å²) in [5.41, 5.74) is -1.17. The number of anilines is 2. The molecule has 8 nitrogen and oxygen atoms in total. The van der Waals surface area contributed by atoms with Crippen molar-refractivity contribution in [3.8, 4) is 0 Å². The van der Waals surface area contributed by atoms with Crippen molar-refractivity contribution in [1.29, 1.82) is 0 Å². The average Bonchev–Trinajstić information content (AvgIpc) is 3.40. The van der Waals surface area contributed by atoms with Crippen molar-refractivity contribution in [3.63, 3.8) is 0 Å². The highest BCUT2D eigenvalue weighted by Gasteiger charge is 2.31. The molecule has 13 heteroatoms. The molecule has 0 aliphatic carbocycles. The van der Waals surface area contributed by atoms with Crippen molar-refractivity contribution in [1.82, 2.24) is 4.31 Å². The molecule has 2 N–H and O–H groups in total. The summed E-state index contributed by atoms with van der Waals surface area (Å²) in [6.45, 7) is 0.851. The van der Waals surface area contributed by atoms with E-state index in [2.05, 4.69) is 10.0 Å². The first-order valence-corrected chi connectivity index (χ1v) is 14.0. The largest absolute Gasteiger partial charge is 0.416 e. The van der Waals surface area contributed by atoms with E-state index in [9.17, 15) is 34.8 Å². The minimum Gasteiger partial charge on any atom is -0.322 e. The van der Waals surface area contributed by atoms with E-state index in [-0.39, 0.29) is 26.7 Å². The van der Waals surface area contributed by atoms with Gasteiger partial charge < -0.3 is 5.32 Å². The maximum Gasteiger partial charge on any atom is 0.416 e. The zero-order valence-electron chi connectivity index (χ0n) is 19.2. The molecule has 196 valence electrons. The van der Waals surface area contributed by atoms with Crippen LogP contribution in [-0.2, 0) is 26.2 Å². The second kappa shape index (κ2) is 10.1. The highest BCUT2D eigenvalue weighted by atomic mass is 32.2. The molecule has 3 aromatic rings. The van der Waals surface area contributed by atoms with Crippen molar-refractivity contribution in [2.24, 2.45) is 0 Å². The molecule has 0 radical (unpaired) electrons. The maximum atomic E-state index is 13.0. The van der Waals surface area contributed by atoms with E-state index in [1.165, 1.54) is 52.8 Å². The zero-order chi connectivity index (χ0) is 26.8. The predicted octanol–water partition coefficient (Wildman–Crippen LogP) is 4.54. The van der Waals surface area contributed by atoms with Gasteiger partial charge >= 0.3 is 6.18 Å². The van der Waals surface area contributed by atoms with Gasteiger partial charge in [-0.3, -0.25) is 9.52 Å². The summed E-state index contributed by atoms with van der Waals surface area (Å²) in [7, 11) is -8.03. The Morgan fingerprint density at radius 2 is 1.41 bits per heavy atom. The van der Waals surface area contributed by atoms with Crippen LogP contribution in [0.2, 0.25) is 0 Å². The summed E-state index contributed by atoms with van der Waals surface area (Å²) >= 11 is 0. The molecule has 0 saturated carbocycles. The number of hydrogen-bond acceptors (Lipinski definition) is 5. The van der Waals surface area contributed by atoms with Gasteiger partial charge in [0.25, 0.3) is 15.9 Å². The Morgan fingerprint density at radius 3 is 2.11 bits per heavy atom. The van der Waals surface area contributed by atoms with E-state index in [0.29, 0.717) is 19.2 Å². The fourth-order valence-corrected chi connectivity index (χ4v) is 6.45. The molecule has 0 unspecified atom stereocenters. The molecular formula is C24H22F3N3O5S2. The quantitative estimate of drug-likeness (QED) is 0.446. The molecule has 0 aromatic heterocycles. The molecule has 1 fully saturated rings. The highest BCUT2D eigenvalue weighted by Crippen LogP contribution is 2.31.